The van der Waals surface area contributed by atoms with Crippen LogP contribution in [-0.2, 0) is 62.0 Å². The zero-order chi connectivity index (χ0) is 82.0. The molecule has 13 rings (SSSR count). The Morgan fingerprint density at radius 1 is 0.652 bits per heavy atom. The van der Waals surface area contributed by atoms with E-state index in [9.17, 15) is 80.8 Å². The summed E-state index contributed by atoms with van der Waals surface area (Å²) in [6.07, 6.45) is -31.4. The number of primary amides is 1. The van der Waals surface area contributed by atoms with Gasteiger partial charge in [0.05, 0.1) is 47.9 Å². The molecule has 0 saturated carbocycles. The van der Waals surface area contributed by atoms with Gasteiger partial charge < -0.3 is 158 Å². The molecule has 8 aliphatic rings. The monoisotopic (exact) mass is 1610 g/mol. The standard InChI is InChI=1S/C71H85Cl2N9O28.CH2O/c1-24(2)12-35(76-5)63(97)80-50-52(89)27-7-10-39(33(72)14-27)104-41-16-29-17-42(59(41)109-70-57(94)55(92)60(44(23-84)107-70)110-69-56(93)54(91)53(90)43(22-83)106-69)105-40-11-8-28(15-34(40)73)58(108-46-21-71(4,75)61(95)25(3)103-46)51-68(102)82-62(96)32-18-30(85)19-38(87)47(32)31-13-26(6-9-37(31)86)48(65(99)81-51)79-66(100)49(29)78-64(98)36(20-45(74)88)77-67(50)101;1-2/h6-11,13-19,24-25,35-36,43-44,46,48-58,60-62,69-70,76,83-87,89-96H,12,20-23,75H2,1-5H3,(H2,74,88)(H,77,101)(H,78,98)(H,79,100)(H,80,97)(H,81,99)(H,82,102);1H2/t25-,35+,36-,43+,44+,46-,48-,49+,50?,51-,52+,53-,54-,55+,56+,57+,58+,60+,61-,62-,69-,70-,71-;/m0./s1. The van der Waals surface area contributed by atoms with Crippen LogP contribution in [0.5, 0.6) is 46.0 Å². The third-order valence-electron chi connectivity index (χ3n) is 19.6. The maximum Gasteiger partial charge on any atom is 0.248 e. The highest BCUT2D eigenvalue weighted by Gasteiger charge is 2.53. The molecule has 40 heteroatoms. The van der Waals surface area contributed by atoms with Crippen molar-refractivity contribution in [2.45, 2.75) is 187 Å². The van der Waals surface area contributed by atoms with Crippen LogP contribution in [0.2, 0.25) is 10.0 Å². The predicted molar refractivity (Wildman–Crippen MR) is 384 cm³/mol. The van der Waals surface area contributed by atoms with E-state index in [1.807, 2.05) is 20.6 Å². The molecule has 0 radical (unpaired) electrons. The van der Waals surface area contributed by atoms with Gasteiger partial charge in [-0.1, -0.05) is 55.2 Å². The molecule has 0 aromatic heterocycles. The molecular formula is C72H87Cl2N9O29. The van der Waals surface area contributed by atoms with Crippen molar-refractivity contribution >= 4 is 71.3 Å². The molecule has 5 aromatic carbocycles. The van der Waals surface area contributed by atoms with E-state index in [2.05, 4.69) is 37.2 Å². The Balaban J connectivity index is 0.00000660. The number of aliphatic hydroxyl groups is 10. The van der Waals surface area contributed by atoms with Crippen LogP contribution in [0.15, 0.2) is 78.9 Å². The molecule has 11 bridgehead atoms. The Bertz CT molecular complexity index is 4330. The quantitative estimate of drug-likeness (QED) is 0.0520. The van der Waals surface area contributed by atoms with Gasteiger partial charge in [-0.15, -0.1) is 0 Å². The molecule has 8 heterocycles. The predicted octanol–water partition coefficient (Wildman–Crippen LogP) is -2.39. The van der Waals surface area contributed by atoms with Crippen LogP contribution in [0.3, 0.4) is 0 Å². The molecule has 0 aliphatic carbocycles. The summed E-state index contributed by atoms with van der Waals surface area (Å²) in [5.41, 5.74) is 8.44. The van der Waals surface area contributed by atoms with E-state index in [0.29, 0.717) is 0 Å². The first-order chi connectivity index (χ1) is 53.0. The van der Waals surface area contributed by atoms with Gasteiger partial charge in [-0.2, -0.15) is 0 Å². The fourth-order valence-electron chi connectivity index (χ4n) is 13.8. The number of carbonyl (C=O) groups excluding carboxylic acids is 8. The number of nitrogens with one attached hydrogen (secondary N) is 7. The number of hydrogen-bond acceptors (Lipinski definition) is 31. The normalized spacial score (nSPS) is 31.7. The smallest absolute Gasteiger partial charge is 0.248 e. The van der Waals surface area contributed by atoms with Crippen molar-refractivity contribution in [2.24, 2.45) is 17.4 Å². The van der Waals surface area contributed by atoms with E-state index in [-0.39, 0.29) is 35.4 Å². The molecule has 23 atom stereocenters. The first-order valence-electron chi connectivity index (χ1n) is 35.0. The summed E-state index contributed by atoms with van der Waals surface area (Å²) < 4.78 is 49.9. The number of halogens is 2. The summed E-state index contributed by atoms with van der Waals surface area (Å²) in [5.74, 6) is -14.2. The first kappa shape index (κ1) is 85.2. The number of hydrogen-bond donors (Lipinski definition) is 22. The van der Waals surface area contributed by atoms with E-state index in [1.165, 1.54) is 45.2 Å². The number of benzene rings is 5. The Hall–Kier alpha value is -9.24. The Labute approximate surface area is 647 Å². The molecule has 608 valence electrons. The highest BCUT2D eigenvalue weighted by molar-refractivity contribution is 6.32. The van der Waals surface area contributed by atoms with Crippen molar-refractivity contribution in [3.63, 3.8) is 0 Å². The van der Waals surface area contributed by atoms with Gasteiger partial charge in [-0.3, -0.25) is 33.6 Å². The molecule has 24 N–H and O–H groups in total. The number of carbonyl (C=O) groups is 8. The van der Waals surface area contributed by atoms with E-state index in [0.717, 1.165) is 54.6 Å². The van der Waals surface area contributed by atoms with E-state index in [4.69, 9.17) is 77.4 Å². The molecule has 0 spiro atoms. The van der Waals surface area contributed by atoms with Crippen LogP contribution in [-0.4, -0.2) is 244 Å². The largest absolute Gasteiger partial charge is 0.508 e. The number of aliphatic hydroxyl groups excluding tert-OH is 10. The van der Waals surface area contributed by atoms with Crippen LogP contribution in [0, 0.1) is 5.92 Å². The lowest BCUT2D eigenvalue weighted by molar-refractivity contribution is -0.352. The van der Waals surface area contributed by atoms with Crippen molar-refractivity contribution in [1.82, 2.24) is 37.2 Å². The van der Waals surface area contributed by atoms with E-state index >= 15 is 19.2 Å². The second-order valence-electron chi connectivity index (χ2n) is 28.2. The molecule has 38 nitrogen and oxygen atoms in total. The number of amides is 7. The lowest BCUT2D eigenvalue weighted by Crippen LogP contribution is -2.65. The molecular weight excluding hydrogens is 1530 g/mol. The summed E-state index contributed by atoms with van der Waals surface area (Å²) in [6.45, 7) is 6.55. The van der Waals surface area contributed by atoms with Crippen molar-refractivity contribution in [1.29, 1.82) is 0 Å². The lowest BCUT2D eigenvalue weighted by atomic mass is 9.86. The van der Waals surface area contributed by atoms with Gasteiger partial charge in [-0.25, -0.2) is 0 Å². The summed E-state index contributed by atoms with van der Waals surface area (Å²) in [6, 6.07) is 1.95. The number of phenolic OH excluding ortho intramolecular Hbond substituents is 3. The highest BCUT2D eigenvalue weighted by Crippen LogP contribution is 2.50. The number of likely N-dealkylation sites (N-methyl/N-ethyl adjacent to an activating group) is 1. The fraction of sp³-hybridized carbons (Fsp3) is 0.472. The maximum atomic E-state index is 16.3. The lowest BCUT2D eigenvalue weighted by Gasteiger charge is -2.45. The van der Waals surface area contributed by atoms with Crippen LogP contribution >= 0.6 is 23.2 Å². The van der Waals surface area contributed by atoms with Crippen LogP contribution in [0.25, 0.3) is 11.1 Å². The second-order valence-corrected chi connectivity index (χ2v) is 29.0. The Morgan fingerprint density at radius 2 is 1.24 bits per heavy atom. The van der Waals surface area contributed by atoms with Crippen molar-refractivity contribution in [2.75, 3.05) is 20.3 Å². The van der Waals surface area contributed by atoms with Crippen molar-refractivity contribution < 1.29 is 143 Å². The highest BCUT2D eigenvalue weighted by atomic mass is 35.5. The third-order valence-corrected chi connectivity index (χ3v) is 20.2. The number of fused-ring (bicyclic) bond motifs is 15. The Kier molecular flexibility index (Phi) is 27.0. The number of phenols is 3. The minimum absolute atomic E-state index is 0.115. The summed E-state index contributed by atoms with van der Waals surface area (Å²) >= 11 is 14.3. The summed E-state index contributed by atoms with van der Waals surface area (Å²) in [5, 5.41) is 164. The van der Waals surface area contributed by atoms with Gasteiger partial charge in [0.2, 0.25) is 53.4 Å². The molecule has 5 aromatic rings. The molecule has 8 aliphatic heterocycles. The first-order valence-corrected chi connectivity index (χ1v) is 35.7. The van der Waals surface area contributed by atoms with Crippen LogP contribution < -0.4 is 62.9 Å². The molecule has 7 amide bonds. The van der Waals surface area contributed by atoms with Gasteiger partial charge >= 0.3 is 0 Å². The molecule has 3 fully saturated rings. The summed E-state index contributed by atoms with van der Waals surface area (Å²) in [7, 11) is 1.46. The number of nitrogens with two attached hydrogens (primary N) is 2. The average Bonchev–Trinajstić information content (AvgIpc) is 0.761. The maximum absolute atomic E-state index is 16.3. The Morgan fingerprint density at radius 3 is 1.85 bits per heavy atom. The van der Waals surface area contributed by atoms with E-state index < -0.39 is 279 Å². The van der Waals surface area contributed by atoms with Crippen LogP contribution in [0.1, 0.15) is 105 Å². The molecule has 112 heavy (non-hydrogen) atoms. The van der Waals surface area contributed by atoms with Gasteiger partial charge in [0.15, 0.2) is 30.3 Å². The van der Waals surface area contributed by atoms with E-state index in [1.54, 1.807) is 0 Å². The SMILES string of the molecule is C=O.CN[C@H](CC(C)C)C(=O)NC1C(=O)N[C@@H](CC(N)=O)C(=O)N[C@H]2C(=O)N[C@@H]3C(=O)N[C@H](C(=O)N[C@@H](O)c4cc(O)cc(O)c4-c4cc3ccc4O)[C@H](O[C@H]3C[C@](C)(N)[C@@H](O)[C@H](C)O3)c3ccc(c(Cl)c3)Oc3cc2cc(c3O[C@@H]2O[C@H](CO)[C@@H](O[C@@H]3O[C@H](CO)[C@H](O)[C@H](O)[C@H]3O)[C@H](O)[C@H]2O)Oc2ccc(cc2Cl)[C@H]1O. The fourth-order valence-corrected chi connectivity index (χ4v) is 14.2. The van der Waals surface area contributed by atoms with Gasteiger partial charge in [0, 0.05) is 34.7 Å². The van der Waals surface area contributed by atoms with Gasteiger partial charge in [0.1, 0.15) is 127 Å². The topological polar surface area (TPSA) is 610 Å². The number of aromatic hydroxyl groups is 3. The minimum atomic E-state index is -2.38. The average molecular weight is 1610 g/mol. The molecule has 1 unspecified atom stereocenters. The number of rotatable bonds is 15. The number of ether oxygens (including phenoxy) is 8. The zero-order valence-corrected chi connectivity index (χ0v) is 61.8. The van der Waals surface area contributed by atoms with Gasteiger partial charge in [0.25, 0.3) is 0 Å². The van der Waals surface area contributed by atoms with Crippen LogP contribution in [0.4, 0.5) is 0 Å². The second kappa shape index (κ2) is 35.4. The zero-order valence-electron chi connectivity index (χ0n) is 60.3. The molecule has 3 saturated heterocycles. The summed E-state index contributed by atoms with van der Waals surface area (Å²) in [4.78, 5) is 113. The minimum Gasteiger partial charge on any atom is -0.508 e. The van der Waals surface area contributed by atoms with Gasteiger partial charge in [-0.05, 0) is 110 Å². The van der Waals surface area contributed by atoms with Crippen molar-refractivity contribution in [3.05, 3.63) is 117 Å². The third kappa shape index (κ3) is 18.2. The van der Waals surface area contributed by atoms with Crippen molar-refractivity contribution in [3.8, 4) is 57.1 Å².